The van der Waals surface area contributed by atoms with Crippen LogP contribution in [0.4, 0.5) is 0 Å². The van der Waals surface area contributed by atoms with Crippen molar-refractivity contribution in [2.24, 2.45) is 4.99 Å². The third-order valence-corrected chi connectivity index (χ3v) is 5.63. The largest absolute Gasteiger partial charge is 0.468 e. The van der Waals surface area contributed by atoms with Crippen molar-refractivity contribution in [3.63, 3.8) is 0 Å². The lowest BCUT2D eigenvalue weighted by atomic mass is 10.2. The Kier molecular flexibility index (Phi) is 9.92. The molecule has 2 aliphatic heterocycles. The zero-order chi connectivity index (χ0) is 18.2. The van der Waals surface area contributed by atoms with Crippen LogP contribution in [0, 0.1) is 0 Å². The molecule has 0 saturated carbocycles. The van der Waals surface area contributed by atoms with E-state index in [1.165, 1.54) is 32.2 Å². The highest BCUT2D eigenvalue weighted by Crippen LogP contribution is 2.25. The van der Waals surface area contributed by atoms with Gasteiger partial charge in [0.1, 0.15) is 5.76 Å². The number of nitrogens with zero attached hydrogens (tertiary/aromatic N) is 3. The van der Waals surface area contributed by atoms with Gasteiger partial charge >= 0.3 is 0 Å². The van der Waals surface area contributed by atoms with Gasteiger partial charge in [-0.2, -0.15) is 0 Å². The molecule has 2 unspecified atom stereocenters. The summed E-state index contributed by atoms with van der Waals surface area (Å²) in [5.74, 6) is 1.95. The van der Waals surface area contributed by atoms with Crippen molar-refractivity contribution in [3.05, 3.63) is 24.2 Å². The summed E-state index contributed by atoms with van der Waals surface area (Å²) in [5.41, 5.74) is 0. The lowest BCUT2D eigenvalue weighted by Gasteiger charge is -2.26. The van der Waals surface area contributed by atoms with Gasteiger partial charge in [0, 0.05) is 19.1 Å². The van der Waals surface area contributed by atoms with E-state index in [1.807, 2.05) is 6.07 Å². The average Bonchev–Trinajstić information content (AvgIpc) is 3.42. The second-order valence-corrected chi connectivity index (χ2v) is 7.30. The van der Waals surface area contributed by atoms with Crippen LogP contribution in [-0.4, -0.2) is 67.6 Å². The van der Waals surface area contributed by atoms with Gasteiger partial charge in [-0.15, -0.1) is 24.0 Å². The van der Waals surface area contributed by atoms with Gasteiger partial charge in [-0.05, 0) is 70.9 Å². The Hall–Kier alpha value is -0.800. The summed E-state index contributed by atoms with van der Waals surface area (Å²) in [6.45, 7) is 11.6. The third kappa shape index (κ3) is 6.35. The van der Waals surface area contributed by atoms with Crippen LogP contribution in [0.15, 0.2) is 27.8 Å². The molecule has 3 rings (SSSR count). The van der Waals surface area contributed by atoms with Crippen molar-refractivity contribution in [2.75, 3.05) is 45.8 Å². The van der Waals surface area contributed by atoms with Crippen LogP contribution in [0.3, 0.4) is 0 Å². The van der Waals surface area contributed by atoms with E-state index in [4.69, 9.17) is 9.41 Å². The molecule has 6 nitrogen and oxygen atoms in total. The van der Waals surface area contributed by atoms with Crippen molar-refractivity contribution in [2.45, 2.75) is 51.6 Å². The number of rotatable bonds is 8. The summed E-state index contributed by atoms with van der Waals surface area (Å²) >= 11 is 0. The molecule has 2 aliphatic rings. The molecule has 0 amide bonds. The van der Waals surface area contributed by atoms with Gasteiger partial charge in [-0.1, -0.05) is 6.92 Å². The maximum absolute atomic E-state index is 5.71. The molecule has 0 radical (unpaired) electrons. The molecule has 2 atom stereocenters. The second-order valence-electron chi connectivity index (χ2n) is 7.30. The molecule has 27 heavy (non-hydrogen) atoms. The molecule has 2 fully saturated rings. The molecular formula is C20H36IN5O. The number of likely N-dealkylation sites (N-methyl/N-ethyl adjacent to an activating group) is 1. The molecule has 3 heterocycles. The fraction of sp³-hybridized carbons (Fsp3) is 0.750. The number of hydrogen-bond acceptors (Lipinski definition) is 4. The van der Waals surface area contributed by atoms with E-state index in [0.29, 0.717) is 6.04 Å². The van der Waals surface area contributed by atoms with E-state index in [-0.39, 0.29) is 30.0 Å². The first-order valence-corrected chi connectivity index (χ1v) is 10.4. The number of hydrogen-bond donors (Lipinski definition) is 2. The molecule has 1 aromatic rings. The summed E-state index contributed by atoms with van der Waals surface area (Å²) in [6, 6.07) is 4.92. The topological polar surface area (TPSA) is 56.0 Å². The van der Waals surface area contributed by atoms with E-state index in [9.17, 15) is 0 Å². The Bertz CT molecular complexity index is 545. The van der Waals surface area contributed by atoms with Gasteiger partial charge in [0.2, 0.25) is 0 Å². The number of furan rings is 1. The highest BCUT2D eigenvalue weighted by atomic mass is 127. The summed E-state index contributed by atoms with van der Waals surface area (Å²) in [7, 11) is 0. The molecule has 0 aromatic carbocycles. The Balaban J connectivity index is 0.00000261. The van der Waals surface area contributed by atoms with Crippen molar-refractivity contribution >= 4 is 29.9 Å². The number of aliphatic imine (C=N–C) groups is 1. The lowest BCUT2D eigenvalue weighted by molar-refractivity contribution is 0.221. The highest BCUT2D eigenvalue weighted by Gasteiger charge is 2.26. The summed E-state index contributed by atoms with van der Waals surface area (Å²) in [5, 5.41) is 6.97. The molecule has 0 spiro atoms. The van der Waals surface area contributed by atoms with Crippen molar-refractivity contribution in [1.82, 2.24) is 20.4 Å². The molecule has 2 N–H and O–H groups in total. The Morgan fingerprint density at radius 2 is 2.04 bits per heavy atom. The molecule has 0 bridgehead atoms. The van der Waals surface area contributed by atoms with Crippen LogP contribution in [-0.2, 0) is 0 Å². The normalized spacial score (nSPS) is 22.6. The third-order valence-electron chi connectivity index (χ3n) is 5.63. The molecule has 154 valence electrons. The summed E-state index contributed by atoms with van der Waals surface area (Å²) < 4.78 is 5.71. The molecule has 1 aromatic heterocycles. The number of guanidine groups is 1. The predicted octanol–water partition coefficient (Wildman–Crippen LogP) is 3.07. The summed E-state index contributed by atoms with van der Waals surface area (Å²) in [6.07, 6.45) is 6.90. The number of likely N-dealkylation sites (tertiary alicyclic amines) is 2. The smallest absolute Gasteiger partial charge is 0.191 e. The van der Waals surface area contributed by atoms with Gasteiger partial charge in [0.25, 0.3) is 0 Å². The van der Waals surface area contributed by atoms with Gasteiger partial charge in [-0.25, -0.2) is 0 Å². The summed E-state index contributed by atoms with van der Waals surface area (Å²) in [4.78, 5) is 9.96. The number of halogens is 1. The van der Waals surface area contributed by atoms with E-state index < -0.39 is 0 Å². The fourth-order valence-electron chi connectivity index (χ4n) is 4.20. The van der Waals surface area contributed by atoms with Crippen LogP contribution in [0.1, 0.15) is 51.3 Å². The van der Waals surface area contributed by atoms with Gasteiger partial charge in [0.05, 0.1) is 18.8 Å². The minimum Gasteiger partial charge on any atom is -0.468 e. The Morgan fingerprint density at radius 3 is 2.70 bits per heavy atom. The Morgan fingerprint density at radius 1 is 1.22 bits per heavy atom. The fourth-order valence-corrected chi connectivity index (χ4v) is 4.20. The maximum atomic E-state index is 5.71. The molecule has 7 heteroatoms. The average molecular weight is 489 g/mol. The monoisotopic (exact) mass is 489 g/mol. The minimum absolute atomic E-state index is 0. The first-order chi connectivity index (χ1) is 12.8. The van der Waals surface area contributed by atoms with E-state index in [2.05, 4.69) is 40.3 Å². The lowest BCUT2D eigenvalue weighted by Crippen LogP contribution is -2.45. The first-order valence-electron chi connectivity index (χ1n) is 10.4. The van der Waals surface area contributed by atoms with Crippen LogP contribution in [0.25, 0.3) is 0 Å². The number of nitrogens with one attached hydrogen (secondary N) is 2. The van der Waals surface area contributed by atoms with E-state index in [1.54, 1.807) is 6.26 Å². The van der Waals surface area contributed by atoms with Crippen molar-refractivity contribution < 1.29 is 4.42 Å². The minimum atomic E-state index is 0. The first kappa shape index (κ1) is 22.5. The van der Waals surface area contributed by atoms with Gasteiger partial charge in [-0.3, -0.25) is 14.8 Å². The second kappa shape index (κ2) is 11.9. The van der Waals surface area contributed by atoms with Crippen LogP contribution >= 0.6 is 24.0 Å². The van der Waals surface area contributed by atoms with E-state index in [0.717, 1.165) is 51.0 Å². The standard InChI is InChI=1S/C20H35N5O.HI/c1-3-21-20(22-15-17-9-7-13-24(17)4-2)23-16-18(19-10-8-14-26-19)25-11-5-6-12-25;/h8,10,14,17-18H,3-7,9,11-13,15-16H2,1-2H3,(H2,21,22,23);1H. The Labute approximate surface area is 181 Å². The van der Waals surface area contributed by atoms with Crippen molar-refractivity contribution in [1.29, 1.82) is 0 Å². The molecule has 0 aliphatic carbocycles. The molecule has 2 saturated heterocycles. The molecular weight excluding hydrogens is 453 g/mol. The zero-order valence-electron chi connectivity index (χ0n) is 16.8. The van der Waals surface area contributed by atoms with Crippen molar-refractivity contribution in [3.8, 4) is 0 Å². The van der Waals surface area contributed by atoms with E-state index >= 15 is 0 Å². The van der Waals surface area contributed by atoms with Crippen LogP contribution in [0.5, 0.6) is 0 Å². The zero-order valence-corrected chi connectivity index (χ0v) is 19.2. The quantitative estimate of drug-likeness (QED) is 0.334. The highest BCUT2D eigenvalue weighted by molar-refractivity contribution is 14.0. The van der Waals surface area contributed by atoms with Crippen LogP contribution < -0.4 is 10.6 Å². The maximum Gasteiger partial charge on any atom is 0.191 e. The SMILES string of the molecule is CCNC(=NCC(c1ccco1)N1CCCC1)NCC1CCCN1CC.I. The van der Waals surface area contributed by atoms with Crippen LogP contribution in [0.2, 0.25) is 0 Å². The predicted molar refractivity (Wildman–Crippen MR) is 122 cm³/mol. The van der Waals surface area contributed by atoms with Gasteiger partial charge in [0.15, 0.2) is 5.96 Å². The van der Waals surface area contributed by atoms with Gasteiger partial charge < -0.3 is 15.1 Å².